The van der Waals surface area contributed by atoms with Gasteiger partial charge in [-0.25, -0.2) is 0 Å². The van der Waals surface area contributed by atoms with Gasteiger partial charge in [0.25, 0.3) is 5.91 Å². The Morgan fingerprint density at radius 1 is 0.756 bits per heavy atom. The van der Waals surface area contributed by atoms with Crippen molar-refractivity contribution in [1.29, 1.82) is 0 Å². The Balaban J connectivity index is 1.60. The first-order valence-electron chi connectivity index (χ1n) is 13.2. The lowest BCUT2D eigenvalue weighted by Crippen LogP contribution is -2.18. The van der Waals surface area contributed by atoms with Gasteiger partial charge in [0.15, 0.2) is 11.5 Å². The predicted molar refractivity (Wildman–Crippen MR) is 156 cm³/mol. The maximum atomic E-state index is 13.7. The van der Waals surface area contributed by atoms with Crippen LogP contribution in [0.4, 0.5) is 11.9 Å². The number of aromatic nitrogens is 3. The molecule has 0 aliphatic rings. The second-order valence-corrected chi connectivity index (χ2v) is 8.75. The lowest BCUT2D eigenvalue weighted by molar-refractivity contribution is 0.0946. The van der Waals surface area contributed by atoms with Crippen LogP contribution in [-0.4, -0.2) is 55.2 Å². The molecule has 41 heavy (non-hydrogen) atoms. The lowest BCUT2D eigenvalue weighted by Gasteiger charge is -2.14. The second kappa shape index (κ2) is 13.9. The number of ether oxygens (including phenoxy) is 5. The number of carbonyl (C=O) groups is 1. The molecule has 0 amide bonds. The standard InChI is InChI=1S/C30H35N5O6/c1-6-40-23-12-8-20(9-13-23)18-31-29-33-30(32-19-21-10-14-24(15-11-21)41-7-2)35(34-29)28(36)22-16-25(37-3)27(39-5)26(17-22)38-4/h8-17H,6-7,18-19H2,1-5H3,(H2,31,32,33,34). The van der Waals surface area contributed by atoms with Crippen molar-refractivity contribution in [1.82, 2.24) is 14.8 Å². The summed E-state index contributed by atoms with van der Waals surface area (Å²) in [6.45, 7) is 5.94. The molecule has 11 heteroatoms. The molecule has 0 atom stereocenters. The van der Waals surface area contributed by atoms with Crippen molar-refractivity contribution in [3.05, 3.63) is 77.4 Å². The van der Waals surface area contributed by atoms with Crippen LogP contribution in [0, 0.1) is 0 Å². The highest BCUT2D eigenvalue weighted by molar-refractivity contribution is 5.98. The molecule has 0 saturated heterocycles. The lowest BCUT2D eigenvalue weighted by atomic mass is 10.1. The summed E-state index contributed by atoms with van der Waals surface area (Å²) in [5, 5.41) is 10.9. The molecule has 0 radical (unpaired) electrons. The Bertz CT molecular complexity index is 1410. The van der Waals surface area contributed by atoms with E-state index in [0.29, 0.717) is 43.6 Å². The van der Waals surface area contributed by atoms with Crippen molar-refractivity contribution in [2.75, 3.05) is 45.2 Å². The highest BCUT2D eigenvalue weighted by Crippen LogP contribution is 2.38. The summed E-state index contributed by atoms with van der Waals surface area (Å²) in [6.07, 6.45) is 0. The minimum Gasteiger partial charge on any atom is -0.494 e. The van der Waals surface area contributed by atoms with Gasteiger partial charge in [-0.1, -0.05) is 24.3 Å². The van der Waals surface area contributed by atoms with E-state index < -0.39 is 5.91 Å². The first-order valence-corrected chi connectivity index (χ1v) is 13.2. The van der Waals surface area contributed by atoms with E-state index in [-0.39, 0.29) is 17.5 Å². The van der Waals surface area contributed by atoms with Crippen LogP contribution in [0.25, 0.3) is 0 Å². The Morgan fingerprint density at radius 2 is 1.27 bits per heavy atom. The predicted octanol–water partition coefficient (Wildman–Crippen LogP) is 5.01. The van der Waals surface area contributed by atoms with Crippen molar-refractivity contribution >= 4 is 17.8 Å². The van der Waals surface area contributed by atoms with Crippen molar-refractivity contribution in [2.45, 2.75) is 26.9 Å². The quantitative estimate of drug-likeness (QED) is 0.217. The summed E-state index contributed by atoms with van der Waals surface area (Å²) in [5.74, 6) is 2.81. The first kappa shape index (κ1) is 29.1. The van der Waals surface area contributed by atoms with Crippen molar-refractivity contribution in [2.24, 2.45) is 0 Å². The number of hydrogen-bond donors (Lipinski definition) is 2. The van der Waals surface area contributed by atoms with Crippen LogP contribution in [0.15, 0.2) is 60.7 Å². The molecular formula is C30H35N5O6. The van der Waals surface area contributed by atoms with E-state index in [1.54, 1.807) is 12.1 Å². The molecule has 3 aromatic carbocycles. The summed E-state index contributed by atoms with van der Waals surface area (Å²) < 4.78 is 28.5. The maximum Gasteiger partial charge on any atom is 0.281 e. The smallest absolute Gasteiger partial charge is 0.281 e. The van der Waals surface area contributed by atoms with Gasteiger partial charge in [-0.05, 0) is 61.4 Å². The topological polar surface area (TPSA) is 118 Å². The highest BCUT2D eigenvalue weighted by atomic mass is 16.5. The number of rotatable bonds is 14. The average Bonchev–Trinajstić information content (AvgIpc) is 3.42. The molecule has 1 aromatic heterocycles. The van der Waals surface area contributed by atoms with Crippen molar-refractivity contribution in [3.63, 3.8) is 0 Å². The summed E-state index contributed by atoms with van der Waals surface area (Å²) in [7, 11) is 4.49. The Kier molecular flexibility index (Phi) is 9.87. The number of anilines is 2. The molecule has 4 aromatic rings. The fourth-order valence-electron chi connectivity index (χ4n) is 4.07. The van der Waals surface area contributed by atoms with E-state index in [4.69, 9.17) is 23.7 Å². The molecular weight excluding hydrogens is 526 g/mol. The van der Waals surface area contributed by atoms with Gasteiger partial charge in [0, 0.05) is 18.7 Å². The number of hydrogen-bond acceptors (Lipinski definition) is 10. The van der Waals surface area contributed by atoms with Crippen molar-refractivity contribution < 1.29 is 28.5 Å². The first-order chi connectivity index (χ1) is 20.0. The Hall–Kier alpha value is -4.93. The summed E-state index contributed by atoms with van der Waals surface area (Å²) in [5.41, 5.74) is 2.27. The third-order valence-electron chi connectivity index (χ3n) is 6.08. The molecule has 0 saturated carbocycles. The monoisotopic (exact) mass is 561 g/mol. The highest BCUT2D eigenvalue weighted by Gasteiger charge is 2.22. The van der Waals surface area contributed by atoms with E-state index in [1.165, 1.54) is 26.0 Å². The largest absolute Gasteiger partial charge is 0.494 e. The van der Waals surface area contributed by atoms with Crippen LogP contribution < -0.4 is 34.3 Å². The normalized spacial score (nSPS) is 10.6. The van der Waals surface area contributed by atoms with Gasteiger partial charge in [0.05, 0.1) is 34.5 Å². The van der Waals surface area contributed by atoms with Gasteiger partial charge in [0.1, 0.15) is 11.5 Å². The Morgan fingerprint density at radius 3 is 1.73 bits per heavy atom. The minimum atomic E-state index is -0.430. The summed E-state index contributed by atoms with van der Waals surface area (Å²) in [4.78, 5) is 18.3. The van der Waals surface area contributed by atoms with Crippen LogP contribution in [0.5, 0.6) is 28.7 Å². The SMILES string of the molecule is CCOc1ccc(CNc2nc(NCc3ccc(OCC)cc3)n(C(=O)c3cc(OC)c(OC)c(OC)c3)n2)cc1. The fraction of sp³-hybridized carbons (Fsp3) is 0.300. The average molecular weight is 562 g/mol. The van der Waals surface area contributed by atoms with Crippen LogP contribution in [0.2, 0.25) is 0 Å². The molecule has 0 unspecified atom stereocenters. The molecule has 0 aliphatic carbocycles. The number of carbonyl (C=O) groups excluding carboxylic acids is 1. The second-order valence-electron chi connectivity index (χ2n) is 8.75. The van der Waals surface area contributed by atoms with Crippen LogP contribution >= 0.6 is 0 Å². The van der Waals surface area contributed by atoms with Gasteiger partial charge in [-0.3, -0.25) is 4.79 Å². The van der Waals surface area contributed by atoms with E-state index in [9.17, 15) is 4.79 Å². The summed E-state index contributed by atoms with van der Waals surface area (Å²) >= 11 is 0. The molecule has 0 bridgehead atoms. The molecule has 11 nitrogen and oxygen atoms in total. The minimum absolute atomic E-state index is 0.270. The van der Waals surface area contributed by atoms with Crippen LogP contribution in [0.1, 0.15) is 35.3 Å². The van der Waals surface area contributed by atoms with Gasteiger partial charge in [-0.2, -0.15) is 9.67 Å². The van der Waals surface area contributed by atoms with E-state index in [0.717, 1.165) is 22.6 Å². The van der Waals surface area contributed by atoms with E-state index in [2.05, 4.69) is 20.7 Å². The fourth-order valence-corrected chi connectivity index (χ4v) is 4.07. The molecule has 4 rings (SSSR count). The number of nitrogens with zero attached hydrogens (tertiary/aromatic N) is 3. The van der Waals surface area contributed by atoms with Gasteiger partial charge in [-0.15, -0.1) is 5.10 Å². The number of nitrogens with one attached hydrogen (secondary N) is 2. The van der Waals surface area contributed by atoms with Crippen LogP contribution in [-0.2, 0) is 13.1 Å². The maximum absolute atomic E-state index is 13.7. The van der Waals surface area contributed by atoms with Gasteiger partial charge < -0.3 is 34.3 Å². The molecule has 1 heterocycles. The number of benzene rings is 3. The van der Waals surface area contributed by atoms with Gasteiger partial charge in [0.2, 0.25) is 17.6 Å². The summed E-state index contributed by atoms with van der Waals surface area (Å²) in [6, 6.07) is 18.6. The zero-order chi connectivity index (χ0) is 29.2. The van der Waals surface area contributed by atoms with Crippen molar-refractivity contribution in [3.8, 4) is 28.7 Å². The zero-order valence-electron chi connectivity index (χ0n) is 23.9. The molecule has 0 spiro atoms. The third kappa shape index (κ3) is 7.18. The Labute approximate surface area is 239 Å². The van der Waals surface area contributed by atoms with Crippen LogP contribution in [0.3, 0.4) is 0 Å². The number of methoxy groups -OCH3 is 3. The van der Waals surface area contributed by atoms with E-state index in [1.807, 2.05) is 62.4 Å². The van der Waals surface area contributed by atoms with E-state index >= 15 is 0 Å². The molecule has 0 aliphatic heterocycles. The zero-order valence-corrected chi connectivity index (χ0v) is 23.9. The third-order valence-corrected chi connectivity index (χ3v) is 6.08. The molecule has 0 fully saturated rings. The molecule has 216 valence electrons. The molecule has 2 N–H and O–H groups in total. The van der Waals surface area contributed by atoms with Gasteiger partial charge >= 0.3 is 0 Å².